The third-order valence-electron chi connectivity index (χ3n) is 2.34. The summed E-state index contributed by atoms with van der Waals surface area (Å²) in [5.74, 6) is -0.126. The predicted octanol–water partition coefficient (Wildman–Crippen LogP) is 1.38. The number of hydrogen-bond acceptors (Lipinski definition) is 3. The van der Waals surface area contributed by atoms with Gasteiger partial charge in [-0.15, -0.1) is 0 Å². The Morgan fingerprint density at radius 3 is 2.88 bits per heavy atom. The molecule has 1 fully saturated rings. The summed E-state index contributed by atoms with van der Waals surface area (Å²) in [6.45, 7) is 1.78. The number of hydrogen-bond donors (Lipinski definition) is 2. The zero-order valence-electron chi connectivity index (χ0n) is 8.70. The molecular formula is C11H13BrN2O2. The normalized spacial score (nSPS) is 15.6. The Morgan fingerprint density at radius 2 is 2.25 bits per heavy atom. The summed E-state index contributed by atoms with van der Waals surface area (Å²) in [5, 5.41) is 5.86. The lowest BCUT2D eigenvalue weighted by atomic mass is 10.2. The molecule has 16 heavy (non-hydrogen) atoms. The largest absolute Gasteiger partial charge is 0.366 e. The fourth-order valence-electron chi connectivity index (χ4n) is 1.32. The lowest BCUT2D eigenvalue weighted by Gasteiger charge is -2.26. The number of amides is 1. The van der Waals surface area contributed by atoms with Crippen LogP contribution in [0.5, 0.6) is 0 Å². The van der Waals surface area contributed by atoms with Gasteiger partial charge in [-0.1, -0.05) is 12.1 Å². The van der Waals surface area contributed by atoms with Crippen molar-refractivity contribution < 1.29 is 9.53 Å². The molecule has 4 nitrogen and oxygen atoms in total. The Balaban J connectivity index is 1.80. The second kappa shape index (κ2) is 5.43. The molecule has 1 aliphatic rings. The van der Waals surface area contributed by atoms with Gasteiger partial charge in [-0.2, -0.15) is 0 Å². The van der Waals surface area contributed by atoms with E-state index < -0.39 is 0 Å². The van der Waals surface area contributed by atoms with Gasteiger partial charge in [-0.05, 0) is 28.1 Å². The molecule has 1 aromatic carbocycles. The summed E-state index contributed by atoms with van der Waals surface area (Å²) in [6.07, 6.45) is 0.185. The van der Waals surface area contributed by atoms with Crippen LogP contribution in [-0.2, 0) is 9.53 Å². The second-order valence-electron chi connectivity index (χ2n) is 3.62. The standard InChI is InChI=1S/C11H13BrN2O2/c12-9-3-1-2-4-10(9)14-11(15)7-16-8-5-13-6-8/h1-4,8,13H,5-7H2,(H,14,15). The number of carbonyl (C=O) groups excluding carboxylic acids is 1. The van der Waals surface area contributed by atoms with E-state index in [1.807, 2.05) is 24.3 Å². The van der Waals surface area contributed by atoms with Crippen LogP contribution in [0.2, 0.25) is 0 Å². The van der Waals surface area contributed by atoms with Crippen LogP contribution >= 0.6 is 15.9 Å². The maximum Gasteiger partial charge on any atom is 0.250 e. The van der Waals surface area contributed by atoms with Crippen LogP contribution in [0.15, 0.2) is 28.7 Å². The summed E-state index contributed by atoms with van der Waals surface area (Å²) in [4.78, 5) is 11.5. The van der Waals surface area contributed by atoms with Crippen molar-refractivity contribution in [2.75, 3.05) is 25.0 Å². The van der Waals surface area contributed by atoms with Crippen molar-refractivity contribution in [1.29, 1.82) is 0 Å². The van der Waals surface area contributed by atoms with Crippen LogP contribution in [-0.4, -0.2) is 31.7 Å². The van der Waals surface area contributed by atoms with Gasteiger partial charge in [0, 0.05) is 17.6 Å². The quantitative estimate of drug-likeness (QED) is 0.878. The predicted molar refractivity (Wildman–Crippen MR) is 65.4 cm³/mol. The molecule has 0 aliphatic carbocycles. The van der Waals surface area contributed by atoms with E-state index in [0.717, 1.165) is 23.2 Å². The molecule has 1 heterocycles. The summed E-state index contributed by atoms with van der Waals surface area (Å²) in [6, 6.07) is 7.49. The van der Waals surface area contributed by atoms with E-state index in [0.29, 0.717) is 0 Å². The third kappa shape index (κ3) is 3.04. The SMILES string of the molecule is O=C(COC1CNC1)Nc1ccccc1Br. The number of benzene rings is 1. The van der Waals surface area contributed by atoms with E-state index in [1.54, 1.807) is 0 Å². The van der Waals surface area contributed by atoms with Gasteiger partial charge in [-0.3, -0.25) is 4.79 Å². The van der Waals surface area contributed by atoms with Crippen molar-refractivity contribution in [2.24, 2.45) is 0 Å². The van der Waals surface area contributed by atoms with Crippen molar-refractivity contribution in [3.63, 3.8) is 0 Å². The van der Waals surface area contributed by atoms with Crippen molar-refractivity contribution in [1.82, 2.24) is 5.32 Å². The lowest BCUT2D eigenvalue weighted by molar-refractivity contribution is -0.123. The summed E-state index contributed by atoms with van der Waals surface area (Å²) in [7, 11) is 0. The lowest BCUT2D eigenvalue weighted by Crippen LogP contribution is -2.49. The molecule has 0 radical (unpaired) electrons. The molecular weight excluding hydrogens is 272 g/mol. The molecule has 1 aromatic rings. The van der Waals surface area contributed by atoms with Crippen molar-refractivity contribution in [3.05, 3.63) is 28.7 Å². The van der Waals surface area contributed by atoms with E-state index in [4.69, 9.17) is 4.74 Å². The van der Waals surface area contributed by atoms with Gasteiger partial charge in [0.1, 0.15) is 6.61 Å². The van der Waals surface area contributed by atoms with E-state index >= 15 is 0 Å². The third-order valence-corrected chi connectivity index (χ3v) is 3.03. The highest BCUT2D eigenvalue weighted by atomic mass is 79.9. The van der Waals surface area contributed by atoms with Crippen LogP contribution < -0.4 is 10.6 Å². The Hall–Kier alpha value is -0.910. The smallest absolute Gasteiger partial charge is 0.250 e. The second-order valence-corrected chi connectivity index (χ2v) is 4.47. The van der Waals surface area contributed by atoms with Crippen LogP contribution in [0.4, 0.5) is 5.69 Å². The molecule has 1 saturated heterocycles. The van der Waals surface area contributed by atoms with E-state index in [2.05, 4.69) is 26.6 Å². The molecule has 0 bridgehead atoms. The first-order valence-corrected chi connectivity index (χ1v) is 5.91. The van der Waals surface area contributed by atoms with Gasteiger partial charge < -0.3 is 15.4 Å². The van der Waals surface area contributed by atoms with Crippen molar-refractivity contribution in [3.8, 4) is 0 Å². The topological polar surface area (TPSA) is 50.4 Å². The molecule has 2 rings (SSSR count). The first kappa shape index (κ1) is 11.6. The zero-order valence-corrected chi connectivity index (χ0v) is 10.3. The van der Waals surface area contributed by atoms with Crippen LogP contribution in [0.3, 0.4) is 0 Å². The molecule has 0 aromatic heterocycles. The maximum absolute atomic E-state index is 11.5. The Bertz CT molecular complexity index is 380. The van der Waals surface area contributed by atoms with Crippen molar-refractivity contribution >= 4 is 27.5 Å². The van der Waals surface area contributed by atoms with Gasteiger partial charge in [-0.25, -0.2) is 0 Å². The van der Waals surface area contributed by atoms with Gasteiger partial charge in [0.05, 0.1) is 11.8 Å². The van der Waals surface area contributed by atoms with Crippen LogP contribution in [0, 0.1) is 0 Å². The van der Waals surface area contributed by atoms with Gasteiger partial charge >= 0.3 is 0 Å². The van der Waals surface area contributed by atoms with E-state index in [-0.39, 0.29) is 18.6 Å². The zero-order chi connectivity index (χ0) is 11.4. The summed E-state index contributed by atoms with van der Waals surface area (Å²) < 4.78 is 6.23. The van der Waals surface area contributed by atoms with E-state index in [9.17, 15) is 4.79 Å². The Kier molecular flexibility index (Phi) is 3.93. The molecule has 0 unspecified atom stereocenters. The van der Waals surface area contributed by atoms with Crippen LogP contribution in [0.1, 0.15) is 0 Å². The number of ether oxygens (including phenoxy) is 1. The number of rotatable bonds is 4. The van der Waals surface area contributed by atoms with Crippen molar-refractivity contribution in [2.45, 2.75) is 6.10 Å². The molecule has 0 atom stereocenters. The van der Waals surface area contributed by atoms with Gasteiger partial charge in [0.25, 0.3) is 0 Å². The monoisotopic (exact) mass is 284 g/mol. The molecule has 0 spiro atoms. The molecule has 86 valence electrons. The summed E-state index contributed by atoms with van der Waals surface area (Å²) >= 11 is 3.36. The number of carbonyl (C=O) groups is 1. The number of anilines is 1. The summed E-state index contributed by atoms with van der Waals surface area (Å²) in [5.41, 5.74) is 0.767. The first-order chi connectivity index (χ1) is 7.75. The highest BCUT2D eigenvalue weighted by Gasteiger charge is 2.18. The number of para-hydroxylation sites is 1. The molecule has 5 heteroatoms. The van der Waals surface area contributed by atoms with Crippen LogP contribution in [0.25, 0.3) is 0 Å². The van der Waals surface area contributed by atoms with Gasteiger partial charge in [0.2, 0.25) is 5.91 Å². The minimum absolute atomic E-state index is 0.105. The molecule has 1 amide bonds. The highest BCUT2D eigenvalue weighted by Crippen LogP contribution is 2.20. The minimum Gasteiger partial charge on any atom is -0.366 e. The Labute approximate surface area is 102 Å². The fraction of sp³-hybridized carbons (Fsp3) is 0.364. The maximum atomic E-state index is 11.5. The fourth-order valence-corrected chi connectivity index (χ4v) is 1.71. The number of nitrogens with one attached hydrogen (secondary N) is 2. The first-order valence-electron chi connectivity index (χ1n) is 5.12. The molecule has 2 N–H and O–H groups in total. The minimum atomic E-state index is -0.126. The highest BCUT2D eigenvalue weighted by molar-refractivity contribution is 9.10. The number of halogens is 1. The van der Waals surface area contributed by atoms with Gasteiger partial charge in [0.15, 0.2) is 0 Å². The molecule has 0 saturated carbocycles. The van der Waals surface area contributed by atoms with E-state index in [1.165, 1.54) is 0 Å². The Morgan fingerprint density at radius 1 is 1.50 bits per heavy atom. The average Bonchev–Trinajstić information content (AvgIpc) is 2.19. The molecule has 1 aliphatic heterocycles. The average molecular weight is 285 g/mol.